The lowest BCUT2D eigenvalue weighted by atomic mass is 10.2. The molecule has 15 heteroatoms. The maximum atomic E-state index is 13.6. The van der Waals surface area contributed by atoms with Crippen LogP contribution in [-0.2, 0) is 19.3 Å². The fourth-order valence-electron chi connectivity index (χ4n) is 3.32. The lowest BCUT2D eigenvalue weighted by Crippen LogP contribution is -2.27. The van der Waals surface area contributed by atoms with E-state index in [4.69, 9.17) is 11.6 Å². The summed E-state index contributed by atoms with van der Waals surface area (Å²) in [6, 6.07) is 9.92. The van der Waals surface area contributed by atoms with Crippen LogP contribution in [0.15, 0.2) is 53.3 Å². The fourth-order valence-corrected chi connectivity index (χ4v) is 3.45. The Morgan fingerprint density at radius 1 is 0.944 bits per heavy atom. The number of rotatable bonds is 6. The zero-order chi connectivity index (χ0) is 26.3. The summed E-state index contributed by atoms with van der Waals surface area (Å²) >= 11 is 5.84. The van der Waals surface area contributed by atoms with Crippen LogP contribution in [0.1, 0.15) is 18.1 Å². The molecule has 0 N–H and O–H groups in total. The van der Waals surface area contributed by atoms with Gasteiger partial charge in [0.25, 0.3) is 0 Å². The first-order valence-corrected chi connectivity index (χ1v) is 10.5. The highest BCUT2D eigenvalue weighted by Gasteiger charge is 2.39. The molecule has 0 spiro atoms. The van der Waals surface area contributed by atoms with E-state index in [1.54, 1.807) is 0 Å². The van der Waals surface area contributed by atoms with E-state index in [9.17, 15) is 35.5 Å². The van der Waals surface area contributed by atoms with Crippen LogP contribution in [-0.4, -0.2) is 35.3 Å². The van der Waals surface area contributed by atoms with Crippen molar-refractivity contribution in [1.82, 2.24) is 29.1 Å². The van der Waals surface area contributed by atoms with E-state index < -0.39 is 55.0 Å². The fraction of sp³-hybridized carbons (Fsp3) is 0.238. The Morgan fingerprint density at radius 2 is 1.64 bits per heavy atom. The Bertz CT molecular complexity index is 1440. The van der Waals surface area contributed by atoms with Crippen LogP contribution in [0, 0.1) is 5.82 Å². The molecule has 4 aromatic rings. The van der Waals surface area contributed by atoms with Crippen LogP contribution >= 0.6 is 11.6 Å². The molecular formula is C21H14ClF7N6O. The average Bonchev–Trinajstić information content (AvgIpc) is 3.34. The van der Waals surface area contributed by atoms with E-state index in [2.05, 4.69) is 15.2 Å². The molecule has 0 saturated heterocycles. The second kappa shape index (κ2) is 9.41. The minimum Gasteiger partial charge on any atom is -0.275 e. The van der Waals surface area contributed by atoms with Gasteiger partial charge in [0.1, 0.15) is 12.4 Å². The molecule has 0 unspecified atom stereocenters. The van der Waals surface area contributed by atoms with Crippen molar-refractivity contribution in [3.63, 3.8) is 0 Å². The maximum absolute atomic E-state index is 13.6. The van der Waals surface area contributed by atoms with Crippen molar-refractivity contribution in [3.8, 4) is 17.1 Å². The molecule has 2 heterocycles. The number of aromatic nitrogens is 6. The third-order valence-electron chi connectivity index (χ3n) is 4.89. The van der Waals surface area contributed by atoms with Crippen LogP contribution < -0.4 is 5.69 Å². The van der Waals surface area contributed by atoms with Gasteiger partial charge in [0.15, 0.2) is 11.6 Å². The molecule has 2 aromatic heterocycles. The van der Waals surface area contributed by atoms with E-state index in [0.717, 1.165) is 16.7 Å². The Morgan fingerprint density at radius 3 is 2.25 bits per heavy atom. The maximum Gasteiger partial charge on any atom is 0.451 e. The quantitative estimate of drug-likeness (QED) is 0.323. The van der Waals surface area contributed by atoms with Gasteiger partial charge < -0.3 is 0 Å². The van der Waals surface area contributed by atoms with Gasteiger partial charge in [-0.15, -0.1) is 10.2 Å². The minimum atomic E-state index is -4.98. The standard InChI is InChI=1S/C21H14ClF7N6O/c22-13-6-4-12(5-7-13)17-32-34(19(36)33(17)9-8-20(24,25)26)11-16-30-18(21(27,28)29)35(31-16)15-3-1-2-14(23)10-15/h1-7,10H,8-9,11H2. The topological polar surface area (TPSA) is 70.5 Å². The van der Waals surface area contributed by atoms with Gasteiger partial charge in [0.05, 0.1) is 12.1 Å². The van der Waals surface area contributed by atoms with Crippen molar-refractivity contribution in [3.05, 3.63) is 81.5 Å². The summed E-state index contributed by atoms with van der Waals surface area (Å²) < 4.78 is 94.6. The molecule has 0 amide bonds. The highest BCUT2D eigenvalue weighted by atomic mass is 35.5. The van der Waals surface area contributed by atoms with Gasteiger partial charge in [-0.3, -0.25) is 4.57 Å². The van der Waals surface area contributed by atoms with Crippen LogP contribution in [0.5, 0.6) is 0 Å². The Balaban J connectivity index is 1.77. The summed E-state index contributed by atoms with van der Waals surface area (Å²) in [4.78, 5) is 16.3. The largest absolute Gasteiger partial charge is 0.451 e. The molecule has 36 heavy (non-hydrogen) atoms. The first kappa shape index (κ1) is 25.4. The molecule has 0 fully saturated rings. The molecule has 0 aliphatic rings. The van der Waals surface area contributed by atoms with Gasteiger partial charge in [0.2, 0.25) is 5.82 Å². The van der Waals surface area contributed by atoms with Crippen LogP contribution in [0.2, 0.25) is 5.02 Å². The van der Waals surface area contributed by atoms with Crippen molar-refractivity contribution >= 4 is 11.6 Å². The third kappa shape index (κ3) is 5.58. The van der Waals surface area contributed by atoms with Crippen molar-refractivity contribution in [2.75, 3.05) is 0 Å². The summed E-state index contributed by atoms with van der Waals surface area (Å²) in [5.74, 6) is -2.96. The monoisotopic (exact) mass is 534 g/mol. The SMILES string of the molecule is O=c1n(Cc2nc(C(F)(F)F)n(-c3cccc(F)c3)n2)nc(-c2ccc(Cl)cc2)n1CCC(F)(F)F. The predicted molar refractivity (Wildman–Crippen MR) is 113 cm³/mol. The number of alkyl halides is 6. The molecule has 4 rings (SSSR count). The van der Waals surface area contributed by atoms with E-state index in [1.807, 2.05) is 0 Å². The van der Waals surface area contributed by atoms with Crippen molar-refractivity contribution in [1.29, 1.82) is 0 Å². The van der Waals surface area contributed by atoms with Gasteiger partial charge in [-0.1, -0.05) is 17.7 Å². The van der Waals surface area contributed by atoms with Gasteiger partial charge in [-0.05, 0) is 42.5 Å². The third-order valence-corrected chi connectivity index (χ3v) is 5.14. The summed E-state index contributed by atoms with van der Waals surface area (Å²) in [7, 11) is 0. The van der Waals surface area contributed by atoms with Gasteiger partial charge in [-0.2, -0.15) is 26.3 Å². The number of hydrogen-bond donors (Lipinski definition) is 0. The Kier molecular flexibility index (Phi) is 6.64. The van der Waals surface area contributed by atoms with Gasteiger partial charge >= 0.3 is 18.0 Å². The number of hydrogen-bond acceptors (Lipinski definition) is 4. The molecule has 0 bridgehead atoms. The normalized spacial score (nSPS) is 12.3. The van der Waals surface area contributed by atoms with E-state index >= 15 is 0 Å². The highest BCUT2D eigenvalue weighted by molar-refractivity contribution is 6.30. The molecule has 0 radical (unpaired) electrons. The summed E-state index contributed by atoms with van der Waals surface area (Å²) in [5, 5.41) is 8.09. The van der Waals surface area contributed by atoms with Crippen LogP contribution in [0.4, 0.5) is 30.7 Å². The first-order chi connectivity index (χ1) is 16.8. The average molecular weight is 535 g/mol. The number of halogens is 8. The minimum absolute atomic E-state index is 0.151. The van der Waals surface area contributed by atoms with Gasteiger partial charge in [0, 0.05) is 17.1 Å². The smallest absolute Gasteiger partial charge is 0.275 e. The number of nitrogens with zero attached hydrogens (tertiary/aromatic N) is 6. The van der Waals surface area contributed by atoms with E-state index in [-0.39, 0.29) is 17.1 Å². The zero-order valence-corrected chi connectivity index (χ0v) is 18.6. The summed E-state index contributed by atoms with van der Waals surface area (Å²) in [5.41, 5.74) is -1.03. The number of benzene rings is 2. The van der Waals surface area contributed by atoms with E-state index in [1.165, 1.54) is 36.4 Å². The second-order valence-corrected chi connectivity index (χ2v) is 7.97. The van der Waals surface area contributed by atoms with E-state index in [0.29, 0.717) is 14.4 Å². The lowest BCUT2D eigenvalue weighted by molar-refractivity contribution is -0.146. The predicted octanol–water partition coefficient (Wildman–Crippen LogP) is 5.10. The molecule has 2 aromatic carbocycles. The molecule has 0 aliphatic heterocycles. The van der Waals surface area contributed by atoms with Crippen molar-refractivity contribution in [2.45, 2.75) is 31.9 Å². The Labute approximate surface area is 202 Å². The van der Waals surface area contributed by atoms with Crippen LogP contribution in [0.3, 0.4) is 0 Å². The van der Waals surface area contributed by atoms with Crippen molar-refractivity contribution < 1.29 is 30.7 Å². The molecule has 0 atom stereocenters. The molecule has 7 nitrogen and oxygen atoms in total. The molecule has 0 aliphatic carbocycles. The first-order valence-electron chi connectivity index (χ1n) is 10.1. The molecule has 190 valence electrons. The highest BCUT2D eigenvalue weighted by Crippen LogP contribution is 2.30. The lowest BCUT2D eigenvalue weighted by Gasteiger charge is -2.08. The van der Waals surface area contributed by atoms with Gasteiger partial charge in [-0.25, -0.2) is 23.5 Å². The summed E-state index contributed by atoms with van der Waals surface area (Å²) in [6.07, 6.45) is -10.9. The zero-order valence-electron chi connectivity index (χ0n) is 17.9. The molecule has 0 saturated carbocycles. The van der Waals surface area contributed by atoms with Crippen molar-refractivity contribution in [2.24, 2.45) is 0 Å². The molecular weight excluding hydrogens is 521 g/mol. The second-order valence-electron chi connectivity index (χ2n) is 7.53. The Hall–Kier alpha value is -3.68. The van der Waals surface area contributed by atoms with Crippen LogP contribution in [0.25, 0.3) is 17.1 Å². The summed E-state index contributed by atoms with van der Waals surface area (Å²) in [6.45, 7) is -1.47.